The summed E-state index contributed by atoms with van der Waals surface area (Å²) in [6.07, 6.45) is 0.601. The van der Waals surface area contributed by atoms with E-state index in [-0.39, 0.29) is 24.4 Å². The van der Waals surface area contributed by atoms with Crippen molar-refractivity contribution in [1.29, 1.82) is 0 Å². The minimum Gasteiger partial charge on any atom is -0.379 e. The second-order valence-corrected chi connectivity index (χ2v) is 9.69. The summed E-state index contributed by atoms with van der Waals surface area (Å²) in [6, 6.07) is 13.5. The lowest BCUT2D eigenvalue weighted by Crippen LogP contribution is -2.45. The lowest BCUT2D eigenvalue weighted by molar-refractivity contribution is -0.140. The Balaban J connectivity index is 1.54. The molecular weight excluding hydrogens is 464 g/mol. The molecule has 2 aromatic carbocycles. The third kappa shape index (κ3) is 6.28. The molecule has 0 saturated carbocycles. The molecule has 7 nitrogen and oxygen atoms in total. The Morgan fingerprint density at radius 2 is 1.80 bits per heavy atom. The summed E-state index contributed by atoms with van der Waals surface area (Å²) < 4.78 is 5.40. The summed E-state index contributed by atoms with van der Waals surface area (Å²) in [5.74, 6) is -0.312. The Morgan fingerprint density at radius 3 is 2.46 bits per heavy atom. The number of carbonyl (C=O) groups is 2. The van der Waals surface area contributed by atoms with E-state index < -0.39 is 0 Å². The molecule has 0 spiro atoms. The molecule has 2 aliphatic rings. The van der Waals surface area contributed by atoms with Gasteiger partial charge in [-0.2, -0.15) is 5.10 Å². The summed E-state index contributed by atoms with van der Waals surface area (Å²) in [6.45, 7) is 9.95. The van der Waals surface area contributed by atoms with Crippen LogP contribution in [0.1, 0.15) is 41.6 Å². The second-order valence-electron chi connectivity index (χ2n) is 9.25. The number of ether oxygens (including phenoxy) is 1. The van der Waals surface area contributed by atoms with Crippen LogP contribution in [-0.2, 0) is 14.3 Å². The van der Waals surface area contributed by atoms with Crippen molar-refractivity contribution in [3.8, 4) is 0 Å². The van der Waals surface area contributed by atoms with Crippen molar-refractivity contribution in [3.63, 3.8) is 0 Å². The molecule has 0 aliphatic carbocycles. The molecule has 1 saturated heterocycles. The standard InChI is InChI=1S/C27H33ClN4O3/c1-19-4-5-23(16-20(19)2)25-17-26(22-6-8-24(28)9-7-22)32(29-25)27(34)18-31(21(3)33)11-10-30-12-14-35-15-13-30/h4-9,16,26H,10-15,17-18H2,1-3H3/t26-/m0/s1. The van der Waals surface area contributed by atoms with Crippen LogP contribution in [0, 0.1) is 13.8 Å². The number of benzene rings is 2. The van der Waals surface area contributed by atoms with Gasteiger partial charge in [0.1, 0.15) is 6.54 Å². The normalized spacial score (nSPS) is 18.5. The number of nitrogens with zero attached hydrogens (tertiary/aromatic N) is 4. The summed E-state index contributed by atoms with van der Waals surface area (Å²) in [5.41, 5.74) is 5.24. The summed E-state index contributed by atoms with van der Waals surface area (Å²) in [5, 5.41) is 6.97. The van der Waals surface area contributed by atoms with Crippen molar-refractivity contribution < 1.29 is 14.3 Å². The van der Waals surface area contributed by atoms with Crippen LogP contribution in [0.25, 0.3) is 0 Å². The highest BCUT2D eigenvalue weighted by Crippen LogP contribution is 2.34. The molecule has 2 aromatic rings. The van der Waals surface area contributed by atoms with Crippen LogP contribution in [-0.4, -0.2) is 78.3 Å². The number of rotatable bonds is 7. The molecule has 1 atom stereocenters. The predicted molar refractivity (Wildman–Crippen MR) is 138 cm³/mol. The molecule has 0 radical (unpaired) electrons. The van der Waals surface area contributed by atoms with E-state index in [0.717, 1.165) is 29.9 Å². The molecule has 2 amide bonds. The van der Waals surface area contributed by atoms with Gasteiger partial charge in [-0.25, -0.2) is 5.01 Å². The van der Waals surface area contributed by atoms with Crippen molar-refractivity contribution >= 4 is 29.1 Å². The van der Waals surface area contributed by atoms with E-state index >= 15 is 0 Å². The van der Waals surface area contributed by atoms with Crippen LogP contribution in [0.15, 0.2) is 47.6 Å². The first-order chi connectivity index (χ1) is 16.8. The smallest absolute Gasteiger partial charge is 0.262 e. The molecule has 0 aromatic heterocycles. The number of hydrogen-bond acceptors (Lipinski definition) is 5. The van der Waals surface area contributed by atoms with E-state index in [0.29, 0.717) is 37.7 Å². The maximum absolute atomic E-state index is 13.5. The van der Waals surface area contributed by atoms with Crippen LogP contribution < -0.4 is 0 Å². The van der Waals surface area contributed by atoms with Crippen LogP contribution in [0.4, 0.5) is 0 Å². The summed E-state index contributed by atoms with van der Waals surface area (Å²) >= 11 is 6.11. The summed E-state index contributed by atoms with van der Waals surface area (Å²) in [4.78, 5) is 29.8. The van der Waals surface area contributed by atoms with Gasteiger partial charge in [0.2, 0.25) is 5.91 Å². The lowest BCUT2D eigenvalue weighted by atomic mass is 9.96. The van der Waals surface area contributed by atoms with Crippen molar-refractivity contribution in [2.24, 2.45) is 5.10 Å². The molecule has 2 aliphatic heterocycles. The van der Waals surface area contributed by atoms with E-state index in [9.17, 15) is 9.59 Å². The van der Waals surface area contributed by atoms with E-state index in [1.54, 1.807) is 9.91 Å². The van der Waals surface area contributed by atoms with Crippen LogP contribution in [0.2, 0.25) is 5.02 Å². The zero-order chi connectivity index (χ0) is 24.9. The van der Waals surface area contributed by atoms with Gasteiger partial charge in [0, 0.05) is 44.5 Å². The number of hydrogen-bond donors (Lipinski definition) is 0. The number of halogens is 1. The van der Waals surface area contributed by atoms with Gasteiger partial charge in [0.15, 0.2) is 0 Å². The zero-order valence-electron chi connectivity index (χ0n) is 20.7. The number of amides is 2. The van der Waals surface area contributed by atoms with Gasteiger partial charge in [0.25, 0.3) is 5.91 Å². The van der Waals surface area contributed by atoms with Crippen molar-refractivity contribution in [3.05, 3.63) is 69.7 Å². The molecule has 4 rings (SSSR count). The minimum absolute atomic E-state index is 0.00648. The highest BCUT2D eigenvalue weighted by atomic mass is 35.5. The number of aryl methyl sites for hydroxylation is 2. The fourth-order valence-corrected chi connectivity index (χ4v) is 4.58. The molecule has 186 valence electrons. The largest absolute Gasteiger partial charge is 0.379 e. The average molecular weight is 497 g/mol. The first-order valence-electron chi connectivity index (χ1n) is 12.1. The molecule has 0 N–H and O–H groups in total. The third-order valence-electron chi connectivity index (χ3n) is 6.82. The van der Waals surface area contributed by atoms with Crippen molar-refractivity contribution in [2.45, 2.75) is 33.2 Å². The molecule has 8 heteroatoms. The number of hydrazone groups is 1. The lowest BCUT2D eigenvalue weighted by Gasteiger charge is -2.30. The van der Waals surface area contributed by atoms with E-state index in [2.05, 4.69) is 36.9 Å². The average Bonchev–Trinajstić information content (AvgIpc) is 3.30. The fraction of sp³-hybridized carbons (Fsp3) is 0.444. The number of carbonyl (C=O) groups excluding carboxylic acids is 2. The predicted octanol–water partition coefficient (Wildman–Crippen LogP) is 3.82. The van der Waals surface area contributed by atoms with E-state index in [1.807, 2.05) is 24.3 Å². The van der Waals surface area contributed by atoms with Crippen LogP contribution >= 0.6 is 11.6 Å². The monoisotopic (exact) mass is 496 g/mol. The van der Waals surface area contributed by atoms with Crippen LogP contribution in [0.5, 0.6) is 0 Å². The molecule has 35 heavy (non-hydrogen) atoms. The molecule has 0 unspecified atom stereocenters. The topological polar surface area (TPSA) is 65.5 Å². The van der Waals surface area contributed by atoms with Gasteiger partial charge in [-0.05, 0) is 54.3 Å². The van der Waals surface area contributed by atoms with Crippen LogP contribution in [0.3, 0.4) is 0 Å². The Morgan fingerprint density at radius 1 is 1.09 bits per heavy atom. The first-order valence-corrected chi connectivity index (χ1v) is 12.5. The highest BCUT2D eigenvalue weighted by Gasteiger charge is 2.34. The van der Waals surface area contributed by atoms with Gasteiger partial charge in [-0.1, -0.05) is 35.9 Å². The molecular formula is C27H33ClN4O3. The second kappa shape index (κ2) is 11.3. The summed E-state index contributed by atoms with van der Waals surface area (Å²) in [7, 11) is 0. The van der Waals surface area contributed by atoms with Gasteiger partial charge >= 0.3 is 0 Å². The Labute approximate surface area is 212 Å². The Hall–Kier alpha value is -2.74. The maximum atomic E-state index is 13.5. The van der Waals surface area contributed by atoms with Crippen molar-refractivity contribution in [2.75, 3.05) is 45.9 Å². The maximum Gasteiger partial charge on any atom is 0.262 e. The Kier molecular flexibility index (Phi) is 8.21. The minimum atomic E-state index is -0.246. The van der Waals surface area contributed by atoms with Gasteiger partial charge < -0.3 is 9.64 Å². The first kappa shape index (κ1) is 25.4. The quantitative estimate of drug-likeness (QED) is 0.584. The van der Waals surface area contributed by atoms with Crippen molar-refractivity contribution in [1.82, 2.24) is 14.8 Å². The SMILES string of the molecule is CC(=O)N(CCN1CCOCC1)CC(=O)N1N=C(c2ccc(C)c(C)c2)C[C@H]1c1ccc(Cl)cc1. The molecule has 0 bridgehead atoms. The molecule has 2 heterocycles. The van der Waals surface area contributed by atoms with Gasteiger partial charge in [-0.15, -0.1) is 0 Å². The van der Waals surface area contributed by atoms with E-state index in [4.69, 9.17) is 21.4 Å². The Bertz CT molecular complexity index is 1100. The zero-order valence-corrected chi connectivity index (χ0v) is 21.4. The third-order valence-corrected chi connectivity index (χ3v) is 7.07. The van der Waals surface area contributed by atoms with E-state index in [1.165, 1.54) is 18.1 Å². The van der Waals surface area contributed by atoms with Gasteiger partial charge in [-0.3, -0.25) is 14.5 Å². The van der Waals surface area contributed by atoms with Gasteiger partial charge in [0.05, 0.1) is 25.0 Å². The number of morpholine rings is 1. The molecule has 1 fully saturated rings. The highest BCUT2D eigenvalue weighted by molar-refractivity contribution is 6.30. The fourth-order valence-electron chi connectivity index (χ4n) is 4.45.